The first kappa shape index (κ1) is 17.2. The minimum absolute atomic E-state index is 0.00204. The van der Waals surface area contributed by atoms with E-state index in [1.165, 1.54) is 18.2 Å². The van der Waals surface area contributed by atoms with E-state index in [9.17, 15) is 14.0 Å². The van der Waals surface area contributed by atoms with Crippen LogP contribution >= 0.6 is 0 Å². The number of benzene rings is 1. The molecule has 0 radical (unpaired) electrons. The van der Waals surface area contributed by atoms with Gasteiger partial charge < -0.3 is 10.2 Å². The molecular formula is C18H23FN2O2. The van der Waals surface area contributed by atoms with E-state index in [1.54, 1.807) is 23.1 Å². The van der Waals surface area contributed by atoms with E-state index in [2.05, 4.69) is 5.32 Å². The third kappa shape index (κ3) is 5.20. The number of rotatable bonds is 5. The molecule has 1 fully saturated rings. The zero-order chi connectivity index (χ0) is 16.7. The molecule has 5 heteroatoms. The van der Waals surface area contributed by atoms with Gasteiger partial charge in [-0.25, -0.2) is 4.39 Å². The van der Waals surface area contributed by atoms with Crippen LogP contribution < -0.4 is 5.32 Å². The second-order valence-corrected chi connectivity index (χ2v) is 5.78. The minimum atomic E-state index is -0.321. The zero-order valence-electron chi connectivity index (χ0n) is 13.4. The third-order valence-corrected chi connectivity index (χ3v) is 3.99. The molecule has 1 aliphatic rings. The summed E-state index contributed by atoms with van der Waals surface area (Å²) in [5.74, 6) is -0.327. The van der Waals surface area contributed by atoms with Gasteiger partial charge in [-0.3, -0.25) is 9.59 Å². The van der Waals surface area contributed by atoms with Crippen LogP contribution in [0, 0.1) is 11.7 Å². The summed E-state index contributed by atoms with van der Waals surface area (Å²) in [6.45, 7) is 3.88. The lowest BCUT2D eigenvalue weighted by molar-refractivity contribution is -0.132. The van der Waals surface area contributed by atoms with Gasteiger partial charge in [-0.1, -0.05) is 19.1 Å². The summed E-state index contributed by atoms with van der Waals surface area (Å²) in [4.78, 5) is 25.8. The highest BCUT2D eigenvalue weighted by Crippen LogP contribution is 2.18. The SMILES string of the molecule is CCCNC(=O)C1CCN(C(=O)/C=C/c2cccc(F)c2)CC1. The van der Waals surface area contributed by atoms with E-state index < -0.39 is 0 Å². The maximum atomic E-state index is 13.1. The Kier molecular flexibility index (Phi) is 6.32. The molecule has 1 aliphatic heterocycles. The average molecular weight is 318 g/mol. The Hall–Kier alpha value is -2.17. The highest BCUT2D eigenvalue weighted by Gasteiger charge is 2.26. The molecular weight excluding hydrogens is 295 g/mol. The molecule has 1 heterocycles. The van der Waals surface area contributed by atoms with E-state index in [-0.39, 0.29) is 23.5 Å². The molecule has 23 heavy (non-hydrogen) atoms. The summed E-state index contributed by atoms with van der Waals surface area (Å²) < 4.78 is 13.1. The van der Waals surface area contributed by atoms with E-state index in [0.29, 0.717) is 38.0 Å². The summed E-state index contributed by atoms with van der Waals surface area (Å²) in [6, 6.07) is 6.11. The Bertz CT molecular complexity index is 578. The molecule has 0 aromatic heterocycles. The molecule has 2 rings (SSSR count). The van der Waals surface area contributed by atoms with Gasteiger partial charge >= 0.3 is 0 Å². The van der Waals surface area contributed by atoms with Gasteiger partial charge in [0.1, 0.15) is 5.82 Å². The number of nitrogens with one attached hydrogen (secondary N) is 1. The third-order valence-electron chi connectivity index (χ3n) is 3.99. The van der Waals surface area contributed by atoms with Crippen LogP contribution in [0.15, 0.2) is 30.3 Å². The minimum Gasteiger partial charge on any atom is -0.356 e. The Morgan fingerprint density at radius 1 is 1.35 bits per heavy atom. The second kappa shape index (κ2) is 8.46. The lowest BCUT2D eigenvalue weighted by atomic mass is 9.96. The van der Waals surface area contributed by atoms with Crippen LogP contribution in [0.1, 0.15) is 31.7 Å². The Labute approximate surface area is 136 Å². The summed E-state index contributed by atoms with van der Waals surface area (Å²) in [5, 5.41) is 2.91. The van der Waals surface area contributed by atoms with E-state index >= 15 is 0 Å². The van der Waals surface area contributed by atoms with Crippen LogP contribution in [0.25, 0.3) is 6.08 Å². The maximum absolute atomic E-state index is 13.1. The summed E-state index contributed by atoms with van der Waals surface area (Å²) in [5.41, 5.74) is 0.659. The molecule has 0 spiro atoms. The normalized spacial score (nSPS) is 15.8. The molecule has 1 aromatic rings. The van der Waals surface area contributed by atoms with Crippen molar-refractivity contribution in [2.24, 2.45) is 5.92 Å². The van der Waals surface area contributed by atoms with Gasteiger partial charge in [0.15, 0.2) is 0 Å². The molecule has 0 saturated carbocycles. The number of hydrogen-bond acceptors (Lipinski definition) is 2. The Morgan fingerprint density at radius 3 is 2.74 bits per heavy atom. The van der Waals surface area contributed by atoms with Crippen molar-refractivity contribution in [2.75, 3.05) is 19.6 Å². The van der Waals surface area contributed by atoms with Crippen molar-refractivity contribution >= 4 is 17.9 Å². The number of nitrogens with zero attached hydrogens (tertiary/aromatic N) is 1. The fourth-order valence-corrected chi connectivity index (χ4v) is 2.64. The average Bonchev–Trinajstić information content (AvgIpc) is 2.57. The molecule has 1 aromatic carbocycles. The monoisotopic (exact) mass is 318 g/mol. The highest BCUT2D eigenvalue weighted by atomic mass is 19.1. The number of halogens is 1. The number of carbonyl (C=O) groups excluding carboxylic acids is 2. The first-order chi connectivity index (χ1) is 11.1. The largest absolute Gasteiger partial charge is 0.356 e. The van der Waals surface area contributed by atoms with Crippen molar-refractivity contribution in [3.63, 3.8) is 0 Å². The molecule has 2 amide bonds. The first-order valence-corrected chi connectivity index (χ1v) is 8.10. The van der Waals surface area contributed by atoms with Gasteiger partial charge in [0.25, 0.3) is 0 Å². The van der Waals surface area contributed by atoms with Gasteiger partial charge in [-0.15, -0.1) is 0 Å². The standard InChI is InChI=1S/C18H23FN2O2/c1-2-10-20-18(23)15-8-11-21(12-9-15)17(22)7-6-14-4-3-5-16(19)13-14/h3-7,13,15H,2,8-12H2,1H3,(H,20,23)/b7-6+. The van der Waals surface area contributed by atoms with Crippen LogP contribution in [0.2, 0.25) is 0 Å². The van der Waals surface area contributed by atoms with Crippen molar-refractivity contribution in [3.05, 3.63) is 41.7 Å². The summed E-state index contributed by atoms with van der Waals surface area (Å²) >= 11 is 0. The molecule has 0 bridgehead atoms. The van der Waals surface area contributed by atoms with Gasteiger partial charge in [0.05, 0.1) is 0 Å². The topological polar surface area (TPSA) is 49.4 Å². The summed E-state index contributed by atoms with van der Waals surface area (Å²) in [6.07, 6.45) is 5.38. The smallest absolute Gasteiger partial charge is 0.246 e. The van der Waals surface area contributed by atoms with Crippen molar-refractivity contribution in [1.82, 2.24) is 10.2 Å². The second-order valence-electron chi connectivity index (χ2n) is 5.78. The van der Waals surface area contributed by atoms with Crippen LogP contribution in [-0.2, 0) is 9.59 Å². The fourth-order valence-electron chi connectivity index (χ4n) is 2.64. The zero-order valence-corrected chi connectivity index (χ0v) is 13.4. The molecule has 1 N–H and O–H groups in total. The molecule has 124 valence electrons. The van der Waals surface area contributed by atoms with Crippen molar-refractivity contribution < 1.29 is 14.0 Å². The lowest BCUT2D eigenvalue weighted by Crippen LogP contribution is -2.42. The fraction of sp³-hybridized carbons (Fsp3) is 0.444. The number of likely N-dealkylation sites (tertiary alicyclic amines) is 1. The first-order valence-electron chi connectivity index (χ1n) is 8.10. The van der Waals surface area contributed by atoms with Crippen LogP contribution in [-0.4, -0.2) is 36.3 Å². The van der Waals surface area contributed by atoms with Gasteiger partial charge in [0, 0.05) is 31.6 Å². The predicted molar refractivity (Wildman–Crippen MR) is 88.0 cm³/mol. The van der Waals surface area contributed by atoms with E-state index in [1.807, 2.05) is 6.92 Å². The molecule has 0 unspecified atom stereocenters. The Morgan fingerprint density at radius 2 is 2.09 bits per heavy atom. The molecule has 0 aliphatic carbocycles. The molecule has 1 saturated heterocycles. The van der Waals surface area contributed by atoms with Gasteiger partial charge in [0.2, 0.25) is 11.8 Å². The van der Waals surface area contributed by atoms with Crippen molar-refractivity contribution in [2.45, 2.75) is 26.2 Å². The van der Waals surface area contributed by atoms with E-state index in [0.717, 1.165) is 6.42 Å². The van der Waals surface area contributed by atoms with E-state index in [4.69, 9.17) is 0 Å². The maximum Gasteiger partial charge on any atom is 0.246 e. The number of piperidine rings is 1. The number of carbonyl (C=O) groups is 2. The van der Waals surface area contributed by atoms with Crippen LogP contribution in [0.3, 0.4) is 0 Å². The predicted octanol–water partition coefficient (Wildman–Crippen LogP) is 2.60. The quantitative estimate of drug-likeness (QED) is 0.849. The summed E-state index contributed by atoms with van der Waals surface area (Å²) in [7, 11) is 0. The van der Waals surface area contributed by atoms with Crippen LogP contribution in [0.4, 0.5) is 4.39 Å². The molecule has 4 nitrogen and oxygen atoms in total. The molecule has 0 atom stereocenters. The lowest BCUT2D eigenvalue weighted by Gasteiger charge is -2.30. The van der Waals surface area contributed by atoms with Crippen molar-refractivity contribution in [1.29, 1.82) is 0 Å². The highest BCUT2D eigenvalue weighted by molar-refractivity contribution is 5.92. The number of hydrogen-bond donors (Lipinski definition) is 1. The van der Waals surface area contributed by atoms with Gasteiger partial charge in [-0.2, -0.15) is 0 Å². The van der Waals surface area contributed by atoms with Crippen LogP contribution in [0.5, 0.6) is 0 Å². The van der Waals surface area contributed by atoms with Crippen molar-refractivity contribution in [3.8, 4) is 0 Å². The number of amides is 2. The Balaban J connectivity index is 1.82. The van der Waals surface area contributed by atoms with Gasteiger partial charge in [-0.05, 0) is 43.0 Å².